The minimum Gasteiger partial charge on any atom is -0.481 e. The molecule has 19 heavy (non-hydrogen) atoms. The first-order valence-electron chi connectivity index (χ1n) is 6.19. The second-order valence-electron chi connectivity index (χ2n) is 4.43. The maximum atomic E-state index is 12.2. The Morgan fingerprint density at radius 2 is 1.89 bits per heavy atom. The molecule has 1 unspecified atom stereocenters. The lowest BCUT2D eigenvalue weighted by Crippen LogP contribution is -2.40. The van der Waals surface area contributed by atoms with Crippen molar-refractivity contribution in [3.63, 3.8) is 0 Å². The van der Waals surface area contributed by atoms with Gasteiger partial charge in [0.05, 0.1) is 12.8 Å². The van der Waals surface area contributed by atoms with Crippen LogP contribution in [0.5, 0.6) is 0 Å². The first-order valence-corrected chi connectivity index (χ1v) is 6.99. The third-order valence-electron chi connectivity index (χ3n) is 2.93. The van der Waals surface area contributed by atoms with Gasteiger partial charge in [0.25, 0.3) is 0 Å². The molecule has 4 nitrogen and oxygen atoms in total. The normalized spacial score (nSPS) is 11.9. The Morgan fingerprint density at radius 1 is 1.32 bits per heavy atom. The molecule has 0 saturated carbocycles. The number of benzene rings is 1. The molecule has 5 heteroatoms. The second kappa shape index (κ2) is 7.28. The Bertz CT molecular complexity index is 445. The molecule has 0 heterocycles. The van der Waals surface area contributed by atoms with E-state index in [-0.39, 0.29) is 18.4 Å². The lowest BCUT2D eigenvalue weighted by Gasteiger charge is -2.27. The molecule has 1 atom stereocenters. The van der Waals surface area contributed by atoms with Crippen molar-refractivity contribution in [2.24, 2.45) is 0 Å². The predicted octanol–water partition coefficient (Wildman–Crippen LogP) is 2.70. The molecule has 1 amide bonds. The van der Waals surface area contributed by atoms with Crippen molar-refractivity contribution in [1.29, 1.82) is 0 Å². The zero-order valence-electron chi connectivity index (χ0n) is 11.1. The number of carboxylic acids is 1. The first kappa shape index (κ1) is 15.7. The van der Waals surface area contributed by atoms with Gasteiger partial charge in [0.15, 0.2) is 0 Å². The summed E-state index contributed by atoms with van der Waals surface area (Å²) < 4.78 is 0.968. The Morgan fingerprint density at radius 3 is 2.37 bits per heavy atom. The number of amides is 1. The summed E-state index contributed by atoms with van der Waals surface area (Å²) in [6.45, 7) is 4.14. The minimum absolute atomic E-state index is 0.0279. The van der Waals surface area contributed by atoms with Crippen LogP contribution >= 0.6 is 15.9 Å². The summed E-state index contributed by atoms with van der Waals surface area (Å²) in [6.07, 6.45) is 0.269. The van der Waals surface area contributed by atoms with Gasteiger partial charge in [-0.05, 0) is 31.5 Å². The number of halogens is 1. The van der Waals surface area contributed by atoms with Gasteiger partial charge in [-0.25, -0.2) is 0 Å². The van der Waals surface area contributed by atoms with E-state index in [2.05, 4.69) is 15.9 Å². The molecule has 0 spiro atoms. The van der Waals surface area contributed by atoms with Crippen molar-refractivity contribution in [1.82, 2.24) is 4.90 Å². The third-order valence-corrected chi connectivity index (χ3v) is 3.46. The first-order chi connectivity index (χ1) is 8.93. The Labute approximate surface area is 121 Å². The summed E-state index contributed by atoms with van der Waals surface area (Å²) in [4.78, 5) is 24.5. The smallest absolute Gasteiger partial charge is 0.305 e. The van der Waals surface area contributed by atoms with Gasteiger partial charge in [-0.2, -0.15) is 0 Å². The monoisotopic (exact) mass is 327 g/mol. The molecule has 0 aliphatic carbocycles. The molecule has 0 bridgehead atoms. The molecular weight excluding hydrogens is 310 g/mol. The summed E-state index contributed by atoms with van der Waals surface area (Å²) in [5, 5.41) is 8.79. The molecule has 0 aliphatic heterocycles. The van der Waals surface area contributed by atoms with Gasteiger partial charge in [-0.1, -0.05) is 28.1 Å². The number of hydrogen-bond acceptors (Lipinski definition) is 2. The Kier molecular flexibility index (Phi) is 6.02. The molecule has 1 rings (SSSR count). The van der Waals surface area contributed by atoms with E-state index in [1.54, 1.807) is 11.8 Å². The second-order valence-corrected chi connectivity index (χ2v) is 5.35. The van der Waals surface area contributed by atoms with E-state index in [1.165, 1.54) is 0 Å². The van der Waals surface area contributed by atoms with Crippen molar-refractivity contribution in [3.8, 4) is 0 Å². The van der Waals surface area contributed by atoms with E-state index in [9.17, 15) is 9.59 Å². The topological polar surface area (TPSA) is 57.6 Å². The standard InChI is InChI=1S/C14H18BrNO3/c1-3-16(10(2)8-14(18)19)13(17)9-11-4-6-12(15)7-5-11/h4-7,10H,3,8-9H2,1-2H3,(H,18,19). The largest absolute Gasteiger partial charge is 0.481 e. The number of rotatable bonds is 6. The number of aliphatic carboxylic acids is 1. The fraction of sp³-hybridized carbons (Fsp3) is 0.429. The maximum Gasteiger partial charge on any atom is 0.305 e. The molecule has 0 fully saturated rings. The summed E-state index contributed by atoms with van der Waals surface area (Å²) >= 11 is 3.34. The van der Waals surface area contributed by atoms with E-state index in [0.29, 0.717) is 13.0 Å². The number of carbonyl (C=O) groups excluding carboxylic acids is 1. The SMILES string of the molecule is CCN(C(=O)Cc1ccc(Br)cc1)C(C)CC(=O)O. The lowest BCUT2D eigenvalue weighted by atomic mass is 10.1. The van der Waals surface area contributed by atoms with Crippen molar-refractivity contribution in [2.75, 3.05) is 6.54 Å². The van der Waals surface area contributed by atoms with Gasteiger partial charge in [-0.3, -0.25) is 9.59 Å². The molecule has 104 valence electrons. The minimum atomic E-state index is -0.887. The summed E-state index contributed by atoms with van der Waals surface area (Å²) in [6, 6.07) is 7.26. The lowest BCUT2D eigenvalue weighted by molar-refractivity contribution is -0.140. The molecule has 1 aromatic rings. The van der Waals surface area contributed by atoms with Crippen LogP contribution in [0.2, 0.25) is 0 Å². The van der Waals surface area contributed by atoms with Gasteiger partial charge in [-0.15, -0.1) is 0 Å². The van der Waals surface area contributed by atoms with E-state index in [1.807, 2.05) is 31.2 Å². The summed E-state index contributed by atoms with van der Waals surface area (Å²) in [5.41, 5.74) is 0.925. The third kappa shape index (κ3) is 5.03. The fourth-order valence-corrected chi connectivity index (χ4v) is 2.24. The van der Waals surface area contributed by atoms with Gasteiger partial charge < -0.3 is 10.0 Å². The Hall–Kier alpha value is -1.36. The average Bonchev–Trinajstić information content (AvgIpc) is 2.32. The number of carbonyl (C=O) groups is 2. The Balaban J connectivity index is 2.68. The number of likely N-dealkylation sites (N-methyl/N-ethyl adjacent to an activating group) is 1. The zero-order valence-corrected chi connectivity index (χ0v) is 12.7. The van der Waals surface area contributed by atoms with Crippen LogP contribution in [0.3, 0.4) is 0 Å². The van der Waals surface area contributed by atoms with E-state index in [0.717, 1.165) is 10.0 Å². The molecule has 1 aromatic carbocycles. The van der Waals surface area contributed by atoms with E-state index in [4.69, 9.17) is 5.11 Å². The van der Waals surface area contributed by atoms with Gasteiger partial charge in [0.1, 0.15) is 0 Å². The van der Waals surface area contributed by atoms with Crippen LogP contribution in [0.15, 0.2) is 28.7 Å². The zero-order chi connectivity index (χ0) is 14.4. The van der Waals surface area contributed by atoms with Gasteiger partial charge in [0, 0.05) is 17.1 Å². The van der Waals surface area contributed by atoms with E-state index >= 15 is 0 Å². The van der Waals surface area contributed by atoms with Crippen LogP contribution in [0.25, 0.3) is 0 Å². The van der Waals surface area contributed by atoms with Gasteiger partial charge in [0.2, 0.25) is 5.91 Å². The molecule has 1 N–H and O–H groups in total. The van der Waals surface area contributed by atoms with Crippen LogP contribution in [-0.4, -0.2) is 34.5 Å². The highest BCUT2D eigenvalue weighted by Crippen LogP contribution is 2.13. The van der Waals surface area contributed by atoms with Crippen LogP contribution < -0.4 is 0 Å². The van der Waals surface area contributed by atoms with Crippen LogP contribution in [0.1, 0.15) is 25.8 Å². The van der Waals surface area contributed by atoms with Crippen LogP contribution in [0, 0.1) is 0 Å². The maximum absolute atomic E-state index is 12.2. The summed E-state index contributed by atoms with van der Waals surface area (Å²) in [7, 11) is 0. The fourth-order valence-electron chi connectivity index (χ4n) is 1.98. The highest BCUT2D eigenvalue weighted by atomic mass is 79.9. The molecular formula is C14H18BrNO3. The van der Waals surface area contributed by atoms with Gasteiger partial charge >= 0.3 is 5.97 Å². The number of carboxylic acid groups (broad SMARTS) is 1. The molecule has 0 aliphatic rings. The molecule has 0 aromatic heterocycles. The van der Waals surface area contributed by atoms with Crippen molar-refractivity contribution >= 4 is 27.8 Å². The van der Waals surface area contributed by atoms with Crippen LogP contribution in [0.4, 0.5) is 0 Å². The quantitative estimate of drug-likeness (QED) is 0.873. The summed E-state index contributed by atoms with van der Waals surface area (Å²) in [5.74, 6) is -0.930. The highest BCUT2D eigenvalue weighted by Gasteiger charge is 2.20. The molecule has 0 radical (unpaired) electrons. The van der Waals surface area contributed by atoms with Crippen molar-refractivity contribution in [3.05, 3.63) is 34.3 Å². The predicted molar refractivity (Wildman–Crippen MR) is 76.9 cm³/mol. The highest BCUT2D eigenvalue weighted by molar-refractivity contribution is 9.10. The van der Waals surface area contributed by atoms with E-state index < -0.39 is 5.97 Å². The van der Waals surface area contributed by atoms with Crippen LogP contribution in [-0.2, 0) is 16.0 Å². The van der Waals surface area contributed by atoms with Crippen molar-refractivity contribution < 1.29 is 14.7 Å². The molecule has 0 saturated heterocycles. The number of hydrogen-bond donors (Lipinski definition) is 1. The number of nitrogens with zero attached hydrogens (tertiary/aromatic N) is 1. The van der Waals surface area contributed by atoms with Crippen molar-refractivity contribution in [2.45, 2.75) is 32.7 Å². The average molecular weight is 328 g/mol.